The Morgan fingerprint density at radius 3 is 2.93 bits per heavy atom. The van der Waals surface area contributed by atoms with Gasteiger partial charge in [0.05, 0.1) is 6.61 Å². The number of nitrogen functional groups attached to an aromatic ring is 1. The van der Waals surface area contributed by atoms with Gasteiger partial charge in [-0.2, -0.15) is 0 Å². The lowest BCUT2D eigenvalue weighted by molar-refractivity contribution is 0.0692. The summed E-state index contributed by atoms with van der Waals surface area (Å²) in [5, 5.41) is 17.8. The fourth-order valence-electron chi connectivity index (χ4n) is 1.42. The lowest BCUT2D eigenvalue weighted by Crippen LogP contribution is -2.02. The van der Waals surface area contributed by atoms with Gasteiger partial charge in [-0.15, -0.1) is 0 Å². The van der Waals surface area contributed by atoms with E-state index in [1.54, 1.807) is 18.3 Å². The molecule has 0 saturated heterocycles. The maximum Gasteiger partial charge on any atom is 0.358 e. The highest BCUT2D eigenvalue weighted by Crippen LogP contribution is 2.17. The summed E-state index contributed by atoms with van der Waals surface area (Å²) in [4.78, 5) is 14.6. The average Bonchev–Trinajstić information content (AvgIpc) is 2.56. The van der Waals surface area contributed by atoms with Crippen LogP contribution in [0.5, 0.6) is 0 Å². The van der Waals surface area contributed by atoms with E-state index in [1.807, 2.05) is 0 Å². The molecule has 6 nitrogen and oxygen atoms in total. The Morgan fingerprint density at radius 2 is 2.33 bits per heavy atom. The molecule has 78 valence electrons. The molecule has 0 amide bonds. The molecule has 0 atom stereocenters. The summed E-state index contributed by atoms with van der Waals surface area (Å²) in [5.41, 5.74) is 6.31. The van der Waals surface area contributed by atoms with Crippen LogP contribution in [0.3, 0.4) is 0 Å². The number of rotatable bonds is 2. The monoisotopic (exact) mass is 207 g/mol. The van der Waals surface area contributed by atoms with Crippen LogP contribution >= 0.6 is 0 Å². The summed E-state index contributed by atoms with van der Waals surface area (Å²) in [5.74, 6) is -1.12. The second-order valence-corrected chi connectivity index (χ2v) is 3.04. The van der Waals surface area contributed by atoms with Gasteiger partial charge in [-0.25, -0.2) is 9.78 Å². The van der Waals surface area contributed by atoms with Crippen molar-refractivity contribution in [3.63, 3.8) is 0 Å². The minimum absolute atomic E-state index is 0.0628. The first-order chi connectivity index (χ1) is 7.15. The Bertz CT molecular complexity index is 533. The minimum atomic E-state index is -1.18. The van der Waals surface area contributed by atoms with Crippen molar-refractivity contribution in [1.82, 2.24) is 9.38 Å². The van der Waals surface area contributed by atoms with E-state index in [2.05, 4.69) is 4.98 Å². The van der Waals surface area contributed by atoms with Crippen molar-refractivity contribution in [2.75, 3.05) is 5.73 Å². The minimum Gasteiger partial charge on any atom is -0.476 e. The van der Waals surface area contributed by atoms with Crippen molar-refractivity contribution in [2.45, 2.75) is 6.61 Å². The molecule has 2 aromatic heterocycles. The number of hydrogen-bond acceptors (Lipinski definition) is 4. The fraction of sp³-hybridized carbons (Fsp3) is 0.111. The predicted octanol–water partition coefficient (Wildman–Crippen LogP) is 0.107. The molecule has 0 aromatic carbocycles. The van der Waals surface area contributed by atoms with Crippen LogP contribution in [0.1, 0.15) is 16.1 Å². The molecule has 2 aromatic rings. The van der Waals surface area contributed by atoms with E-state index in [0.717, 1.165) is 0 Å². The maximum absolute atomic E-state index is 10.8. The summed E-state index contributed by atoms with van der Waals surface area (Å²) >= 11 is 0. The van der Waals surface area contributed by atoms with Gasteiger partial charge < -0.3 is 15.9 Å². The van der Waals surface area contributed by atoms with Gasteiger partial charge in [0, 0.05) is 11.8 Å². The summed E-state index contributed by atoms with van der Waals surface area (Å²) in [6.45, 7) is -0.208. The Hall–Kier alpha value is -2.08. The van der Waals surface area contributed by atoms with Crippen molar-refractivity contribution in [1.29, 1.82) is 0 Å². The van der Waals surface area contributed by atoms with Gasteiger partial charge in [0.2, 0.25) is 0 Å². The third kappa shape index (κ3) is 1.31. The van der Waals surface area contributed by atoms with Crippen LogP contribution in [0, 0.1) is 0 Å². The number of aromatic carboxylic acids is 1. The Kier molecular flexibility index (Phi) is 2.05. The first-order valence-corrected chi connectivity index (χ1v) is 4.24. The molecule has 4 N–H and O–H groups in total. The van der Waals surface area contributed by atoms with Crippen molar-refractivity contribution in [3.8, 4) is 0 Å². The Morgan fingerprint density at radius 1 is 1.60 bits per heavy atom. The molecule has 0 aliphatic heterocycles. The highest BCUT2D eigenvalue weighted by Gasteiger charge is 2.16. The molecule has 0 bridgehead atoms. The number of hydrogen-bond donors (Lipinski definition) is 3. The Labute approximate surface area is 84.6 Å². The molecule has 0 saturated carbocycles. The number of aliphatic hydroxyl groups is 1. The lowest BCUT2D eigenvalue weighted by atomic mass is 10.3. The first kappa shape index (κ1) is 9.47. The number of pyridine rings is 1. The molecule has 6 heteroatoms. The van der Waals surface area contributed by atoms with E-state index >= 15 is 0 Å². The van der Waals surface area contributed by atoms with E-state index in [-0.39, 0.29) is 18.1 Å². The Balaban J connectivity index is 2.81. The topological polar surface area (TPSA) is 101 Å². The second kappa shape index (κ2) is 3.25. The molecule has 0 aliphatic rings. The van der Waals surface area contributed by atoms with Crippen LogP contribution in [0.15, 0.2) is 18.3 Å². The number of aromatic nitrogens is 2. The van der Waals surface area contributed by atoms with Gasteiger partial charge in [-0.3, -0.25) is 4.40 Å². The molecule has 2 rings (SSSR count). The van der Waals surface area contributed by atoms with Gasteiger partial charge in [0.25, 0.3) is 0 Å². The molecular formula is C9H9N3O3. The van der Waals surface area contributed by atoms with Crippen molar-refractivity contribution in [3.05, 3.63) is 29.6 Å². The standard InChI is InChI=1S/C9H9N3O3/c10-7-6(9(14)15)11-8-5(4-13)2-1-3-12(7)8/h1-3,13H,4,10H2,(H,14,15). The third-order valence-corrected chi connectivity index (χ3v) is 2.14. The number of carbonyl (C=O) groups is 1. The van der Waals surface area contributed by atoms with Crippen LogP contribution in [0.2, 0.25) is 0 Å². The maximum atomic E-state index is 10.8. The van der Waals surface area contributed by atoms with Crippen molar-refractivity contribution >= 4 is 17.4 Å². The molecule has 0 aliphatic carbocycles. The number of nitrogens with two attached hydrogens (primary N) is 1. The number of imidazole rings is 1. The van der Waals surface area contributed by atoms with Crippen LogP contribution < -0.4 is 5.73 Å². The molecule has 2 heterocycles. The third-order valence-electron chi connectivity index (χ3n) is 2.14. The molecule has 0 spiro atoms. The zero-order valence-corrected chi connectivity index (χ0v) is 7.71. The highest BCUT2D eigenvalue weighted by atomic mass is 16.4. The second-order valence-electron chi connectivity index (χ2n) is 3.04. The summed E-state index contributed by atoms with van der Waals surface area (Å²) in [7, 11) is 0. The largest absolute Gasteiger partial charge is 0.476 e. The van der Waals surface area contributed by atoms with Gasteiger partial charge >= 0.3 is 5.97 Å². The zero-order valence-electron chi connectivity index (χ0n) is 7.71. The summed E-state index contributed by atoms with van der Waals surface area (Å²) < 4.78 is 1.44. The van der Waals surface area contributed by atoms with Gasteiger partial charge in [0.1, 0.15) is 11.5 Å². The number of fused-ring (bicyclic) bond motifs is 1. The van der Waals surface area contributed by atoms with E-state index in [4.69, 9.17) is 15.9 Å². The number of aliphatic hydroxyl groups excluding tert-OH is 1. The van der Waals surface area contributed by atoms with E-state index < -0.39 is 5.97 Å². The fourth-order valence-corrected chi connectivity index (χ4v) is 1.42. The SMILES string of the molecule is Nc1c(C(=O)O)nc2c(CO)cccn12. The van der Waals surface area contributed by atoms with Crippen LogP contribution in [-0.4, -0.2) is 25.6 Å². The zero-order chi connectivity index (χ0) is 11.0. The lowest BCUT2D eigenvalue weighted by Gasteiger charge is -1.99. The number of anilines is 1. The smallest absolute Gasteiger partial charge is 0.358 e. The highest BCUT2D eigenvalue weighted by molar-refractivity contribution is 5.92. The number of carboxylic acids is 1. The van der Waals surface area contributed by atoms with Gasteiger partial charge in [-0.05, 0) is 6.07 Å². The molecule has 0 fully saturated rings. The number of nitrogens with zero attached hydrogens (tertiary/aromatic N) is 2. The van der Waals surface area contributed by atoms with Crippen LogP contribution in [0.4, 0.5) is 5.82 Å². The van der Waals surface area contributed by atoms with E-state index in [1.165, 1.54) is 4.40 Å². The average molecular weight is 207 g/mol. The number of carboxylic acid groups (broad SMARTS) is 1. The molecule has 0 unspecified atom stereocenters. The summed E-state index contributed by atoms with van der Waals surface area (Å²) in [6, 6.07) is 3.33. The van der Waals surface area contributed by atoms with Gasteiger partial charge in [0.15, 0.2) is 5.69 Å². The van der Waals surface area contributed by atoms with Crippen molar-refractivity contribution < 1.29 is 15.0 Å². The quantitative estimate of drug-likeness (QED) is 0.648. The van der Waals surface area contributed by atoms with Crippen LogP contribution in [0.25, 0.3) is 5.65 Å². The molecular weight excluding hydrogens is 198 g/mol. The van der Waals surface area contributed by atoms with Crippen molar-refractivity contribution in [2.24, 2.45) is 0 Å². The first-order valence-electron chi connectivity index (χ1n) is 4.24. The molecule has 0 radical (unpaired) electrons. The van der Waals surface area contributed by atoms with E-state index in [9.17, 15) is 4.79 Å². The van der Waals surface area contributed by atoms with E-state index in [0.29, 0.717) is 11.2 Å². The van der Waals surface area contributed by atoms with Crippen LogP contribution in [-0.2, 0) is 6.61 Å². The van der Waals surface area contributed by atoms with Gasteiger partial charge in [-0.1, -0.05) is 6.07 Å². The molecule has 15 heavy (non-hydrogen) atoms. The normalized spacial score (nSPS) is 10.7. The summed E-state index contributed by atoms with van der Waals surface area (Å²) in [6.07, 6.45) is 1.60. The predicted molar refractivity (Wildman–Crippen MR) is 52.5 cm³/mol.